The Morgan fingerprint density at radius 1 is 1.29 bits per heavy atom. The molecule has 0 aliphatic carbocycles. The zero-order chi connectivity index (χ0) is 17.7. The minimum absolute atomic E-state index is 0.0538. The summed E-state index contributed by atoms with van der Waals surface area (Å²) in [5.41, 5.74) is 1.60. The van der Waals surface area contributed by atoms with Gasteiger partial charge in [-0.1, -0.05) is 17.7 Å². The van der Waals surface area contributed by atoms with E-state index in [0.717, 1.165) is 9.13 Å². The van der Waals surface area contributed by atoms with Gasteiger partial charge in [0.25, 0.3) is 5.91 Å². The van der Waals surface area contributed by atoms with Gasteiger partial charge in [-0.2, -0.15) is 0 Å². The van der Waals surface area contributed by atoms with Crippen LogP contribution < -0.4 is 5.32 Å². The van der Waals surface area contributed by atoms with E-state index in [4.69, 9.17) is 16.3 Å². The molecule has 0 radical (unpaired) electrons. The van der Waals surface area contributed by atoms with Crippen molar-refractivity contribution in [3.8, 4) is 0 Å². The monoisotopic (exact) mass is 461 g/mol. The second-order valence-corrected chi connectivity index (χ2v) is 6.70. The molecule has 7 heteroatoms. The number of hydrogen-bond acceptors (Lipinski definition) is 3. The van der Waals surface area contributed by atoms with Gasteiger partial charge in [0.05, 0.1) is 6.42 Å². The normalized spacial score (nSPS) is 10.3. The van der Waals surface area contributed by atoms with Crippen molar-refractivity contribution in [2.24, 2.45) is 0 Å². The largest absolute Gasteiger partial charge is 0.455 e. The van der Waals surface area contributed by atoms with Crippen molar-refractivity contribution in [1.82, 2.24) is 0 Å². The van der Waals surface area contributed by atoms with Gasteiger partial charge >= 0.3 is 5.97 Å². The van der Waals surface area contributed by atoms with Crippen molar-refractivity contribution >= 4 is 51.8 Å². The van der Waals surface area contributed by atoms with Crippen molar-refractivity contribution < 1.29 is 18.7 Å². The van der Waals surface area contributed by atoms with Crippen LogP contribution >= 0.6 is 34.2 Å². The number of aryl methyl sites for hydroxylation is 1. The van der Waals surface area contributed by atoms with E-state index in [1.165, 1.54) is 18.2 Å². The first-order valence-corrected chi connectivity index (χ1v) is 8.47. The molecule has 2 rings (SSSR count). The number of carbonyl (C=O) groups excluding carboxylic acids is 2. The standard InChI is InChI=1S/C17H14ClFINO3/c1-10-7-11(20)5-6-15(10)21-16(22)9-24-17(23)8-12-13(18)3-2-4-14(12)19/h2-7H,8-9H2,1H3,(H,21,22). The predicted molar refractivity (Wildman–Crippen MR) is 98.6 cm³/mol. The van der Waals surface area contributed by atoms with Crippen molar-refractivity contribution in [1.29, 1.82) is 0 Å². The molecule has 1 N–H and O–H groups in total. The predicted octanol–water partition coefficient (Wildman–Crippen LogP) is 4.12. The van der Waals surface area contributed by atoms with Crippen molar-refractivity contribution in [3.05, 3.63) is 61.9 Å². The fourth-order valence-electron chi connectivity index (χ4n) is 2.00. The highest BCUT2D eigenvalue weighted by molar-refractivity contribution is 14.1. The number of halogens is 3. The number of carbonyl (C=O) groups is 2. The molecular weight excluding hydrogens is 448 g/mol. The van der Waals surface area contributed by atoms with Crippen LogP contribution in [0.1, 0.15) is 11.1 Å². The lowest BCUT2D eigenvalue weighted by Crippen LogP contribution is -2.22. The first kappa shape index (κ1) is 18.7. The summed E-state index contributed by atoms with van der Waals surface area (Å²) in [6.07, 6.45) is -0.332. The van der Waals surface area contributed by atoms with Crippen LogP contribution in [0, 0.1) is 16.3 Å². The van der Waals surface area contributed by atoms with Gasteiger partial charge in [-0.3, -0.25) is 9.59 Å². The third-order valence-electron chi connectivity index (χ3n) is 3.21. The van der Waals surface area contributed by atoms with Crippen LogP contribution in [0.5, 0.6) is 0 Å². The molecule has 2 aromatic rings. The van der Waals surface area contributed by atoms with E-state index in [1.807, 2.05) is 19.1 Å². The lowest BCUT2D eigenvalue weighted by atomic mass is 10.1. The number of rotatable bonds is 5. The smallest absolute Gasteiger partial charge is 0.310 e. The van der Waals surface area contributed by atoms with Crippen LogP contribution in [0.15, 0.2) is 36.4 Å². The van der Waals surface area contributed by atoms with Crippen molar-refractivity contribution in [2.45, 2.75) is 13.3 Å². The molecule has 0 aliphatic rings. The van der Waals surface area contributed by atoms with Gasteiger partial charge in [0.15, 0.2) is 6.61 Å². The summed E-state index contributed by atoms with van der Waals surface area (Å²) in [5, 5.41) is 2.80. The molecule has 4 nitrogen and oxygen atoms in total. The van der Waals surface area contributed by atoms with Crippen LogP contribution in [0.4, 0.5) is 10.1 Å². The van der Waals surface area contributed by atoms with E-state index in [2.05, 4.69) is 27.9 Å². The summed E-state index contributed by atoms with van der Waals surface area (Å²) < 4.78 is 19.5. The summed E-state index contributed by atoms with van der Waals surface area (Å²) >= 11 is 8.02. The van der Waals surface area contributed by atoms with E-state index < -0.39 is 24.3 Å². The number of amides is 1. The minimum Gasteiger partial charge on any atom is -0.455 e. The second kappa shape index (κ2) is 8.43. The summed E-state index contributed by atoms with van der Waals surface area (Å²) in [4.78, 5) is 23.6. The molecule has 24 heavy (non-hydrogen) atoms. The highest BCUT2D eigenvalue weighted by atomic mass is 127. The van der Waals surface area contributed by atoms with Crippen LogP contribution in [0.3, 0.4) is 0 Å². The quantitative estimate of drug-likeness (QED) is 0.538. The molecular formula is C17H14ClFINO3. The highest BCUT2D eigenvalue weighted by Gasteiger charge is 2.14. The molecule has 0 heterocycles. The number of esters is 1. The number of hydrogen-bond donors (Lipinski definition) is 1. The molecule has 1 amide bonds. The molecule has 0 bridgehead atoms. The van der Waals surface area contributed by atoms with Gasteiger partial charge in [0.1, 0.15) is 5.82 Å². The Morgan fingerprint density at radius 3 is 2.71 bits per heavy atom. The molecule has 0 saturated carbocycles. The molecule has 0 saturated heterocycles. The number of ether oxygens (including phenoxy) is 1. The molecule has 0 unspecified atom stereocenters. The first-order valence-electron chi connectivity index (χ1n) is 7.01. The molecule has 0 aliphatic heterocycles. The molecule has 2 aromatic carbocycles. The summed E-state index contributed by atoms with van der Waals surface area (Å²) in [6.45, 7) is 1.42. The number of anilines is 1. The van der Waals surface area contributed by atoms with E-state index in [-0.39, 0.29) is 17.0 Å². The Bertz CT molecular complexity index is 762. The first-order chi connectivity index (χ1) is 11.4. The zero-order valence-electron chi connectivity index (χ0n) is 12.7. The van der Waals surface area contributed by atoms with Gasteiger partial charge in [-0.25, -0.2) is 4.39 Å². The Kier molecular flexibility index (Phi) is 6.56. The van der Waals surface area contributed by atoms with E-state index >= 15 is 0 Å². The van der Waals surface area contributed by atoms with Crippen molar-refractivity contribution in [3.63, 3.8) is 0 Å². The third-order valence-corrected chi connectivity index (χ3v) is 4.23. The maximum atomic E-state index is 13.6. The van der Waals surface area contributed by atoms with E-state index in [0.29, 0.717) is 5.69 Å². The highest BCUT2D eigenvalue weighted by Crippen LogP contribution is 2.20. The maximum absolute atomic E-state index is 13.6. The molecule has 0 spiro atoms. The van der Waals surface area contributed by atoms with Crippen molar-refractivity contribution in [2.75, 3.05) is 11.9 Å². The Balaban J connectivity index is 1.88. The van der Waals surface area contributed by atoms with Gasteiger partial charge in [-0.05, 0) is 65.4 Å². The van der Waals surface area contributed by atoms with E-state index in [9.17, 15) is 14.0 Å². The molecule has 0 aromatic heterocycles. The van der Waals surface area contributed by atoms with Crippen LogP contribution in [0.25, 0.3) is 0 Å². The Morgan fingerprint density at radius 2 is 2.04 bits per heavy atom. The van der Waals surface area contributed by atoms with Gasteiger partial charge in [-0.15, -0.1) is 0 Å². The molecule has 126 valence electrons. The molecule has 0 fully saturated rings. The lowest BCUT2D eigenvalue weighted by molar-refractivity contribution is -0.146. The zero-order valence-corrected chi connectivity index (χ0v) is 15.7. The summed E-state index contributed by atoms with van der Waals surface area (Å²) in [7, 11) is 0. The van der Waals surface area contributed by atoms with Gasteiger partial charge in [0.2, 0.25) is 0 Å². The summed E-state index contributed by atoms with van der Waals surface area (Å²) in [5.74, 6) is -1.78. The average Bonchev–Trinajstić information content (AvgIpc) is 2.52. The Labute approximate surface area is 157 Å². The number of benzene rings is 2. The van der Waals surface area contributed by atoms with Gasteiger partial charge in [0, 0.05) is 19.8 Å². The third kappa shape index (κ3) is 5.17. The maximum Gasteiger partial charge on any atom is 0.310 e. The topological polar surface area (TPSA) is 55.4 Å². The van der Waals surface area contributed by atoms with Crippen LogP contribution in [0.2, 0.25) is 5.02 Å². The second-order valence-electron chi connectivity index (χ2n) is 5.05. The van der Waals surface area contributed by atoms with Crippen LogP contribution in [-0.4, -0.2) is 18.5 Å². The SMILES string of the molecule is Cc1cc(I)ccc1NC(=O)COC(=O)Cc1c(F)cccc1Cl. The molecule has 0 atom stereocenters. The lowest BCUT2D eigenvalue weighted by Gasteiger charge is -2.10. The van der Waals surface area contributed by atoms with E-state index in [1.54, 1.807) is 6.07 Å². The number of nitrogens with one attached hydrogen (secondary N) is 1. The summed E-state index contributed by atoms with van der Waals surface area (Å²) in [6, 6.07) is 9.69. The average molecular weight is 462 g/mol. The minimum atomic E-state index is -0.725. The fraction of sp³-hybridized carbons (Fsp3) is 0.176. The van der Waals surface area contributed by atoms with Gasteiger partial charge < -0.3 is 10.1 Å². The fourth-order valence-corrected chi connectivity index (χ4v) is 2.87. The van der Waals surface area contributed by atoms with Crippen LogP contribution in [-0.2, 0) is 20.7 Å². The Hall–Kier alpha value is -1.67.